The second-order valence-electron chi connectivity index (χ2n) is 3.19. The van der Waals surface area contributed by atoms with Crippen LogP contribution in [0, 0.1) is 0 Å². The van der Waals surface area contributed by atoms with Gasteiger partial charge in [-0.1, -0.05) is 0 Å². The molecule has 2 rings (SSSR count). The third-order valence-corrected chi connectivity index (χ3v) is 2.13. The van der Waals surface area contributed by atoms with E-state index >= 15 is 0 Å². The van der Waals surface area contributed by atoms with Gasteiger partial charge in [0, 0.05) is 12.8 Å². The summed E-state index contributed by atoms with van der Waals surface area (Å²) in [6, 6.07) is 0. The SMILES string of the molecule is OCc1coc(OC2CCOCC2)n1. The molecule has 14 heavy (non-hydrogen) atoms. The molecule has 1 aliphatic rings. The van der Waals surface area contributed by atoms with Gasteiger partial charge in [-0.2, -0.15) is 4.98 Å². The largest absolute Gasteiger partial charge is 0.447 e. The fourth-order valence-electron chi connectivity index (χ4n) is 1.35. The molecule has 0 bridgehead atoms. The average Bonchev–Trinajstić information content (AvgIpc) is 2.67. The number of rotatable bonds is 3. The standard InChI is InChI=1S/C9H13NO4/c11-5-7-6-13-9(10-7)14-8-1-3-12-4-2-8/h6,8,11H,1-5H2. The van der Waals surface area contributed by atoms with Crippen molar-refractivity contribution >= 4 is 0 Å². The summed E-state index contributed by atoms with van der Waals surface area (Å²) >= 11 is 0. The number of aliphatic hydroxyl groups excluding tert-OH is 1. The lowest BCUT2D eigenvalue weighted by molar-refractivity contribution is 0.0133. The summed E-state index contributed by atoms with van der Waals surface area (Å²) in [6.07, 6.45) is 3.47. The molecule has 1 aromatic heterocycles. The van der Waals surface area contributed by atoms with E-state index in [2.05, 4.69) is 4.98 Å². The fourth-order valence-corrected chi connectivity index (χ4v) is 1.35. The Morgan fingerprint density at radius 2 is 2.29 bits per heavy atom. The van der Waals surface area contributed by atoms with Crippen LogP contribution in [0.25, 0.3) is 0 Å². The maximum atomic E-state index is 8.76. The second kappa shape index (κ2) is 4.43. The van der Waals surface area contributed by atoms with Crippen LogP contribution in [0.5, 0.6) is 6.08 Å². The molecule has 1 fully saturated rings. The van der Waals surface area contributed by atoms with Crippen LogP contribution < -0.4 is 4.74 Å². The van der Waals surface area contributed by atoms with Crippen LogP contribution in [0.3, 0.4) is 0 Å². The molecule has 1 saturated heterocycles. The predicted octanol–water partition coefficient (Wildman–Crippen LogP) is 0.725. The minimum absolute atomic E-state index is 0.119. The molecule has 5 nitrogen and oxygen atoms in total. The zero-order valence-corrected chi connectivity index (χ0v) is 7.81. The second-order valence-corrected chi connectivity index (χ2v) is 3.19. The number of hydrogen-bond donors (Lipinski definition) is 1. The molecule has 78 valence electrons. The monoisotopic (exact) mass is 199 g/mol. The maximum Gasteiger partial charge on any atom is 0.394 e. The number of oxazole rings is 1. The molecule has 1 aromatic rings. The molecule has 0 radical (unpaired) electrons. The molecule has 0 aliphatic carbocycles. The summed E-state index contributed by atoms with van der Waals surface area (Å²) in [4.78, 5) is 3.94. The first-order valence-electron chi connectivity index (χ1n) is 4.68. The van der Waals surface area contributed by atoms with Crippen molar-refractivity contribution in [1.29, 1.82) is 0 Å². The van der Waals surface area contributed by atoms with Crippen LogP contribution in [-0.4, -0.2) is 29.4 Å². The van der Waals surface area contributed by atoms with Crippen molar-refractivity contribution in [2.75, 3.05) is 13.2 Å². The third-order valence-electron chi connectivity index (χ3n) is 2.13. The average molecular weight is 199 g/mol. The Labute approximate surface area is 81.7 Å². The molecular weight excluding hydrogens is 186 g/mol. The van der Waals surface area contributed by atoms with E-state index in [9.17, 15) is 0 Å². The Bertz CT molecular complexity index is 280. The molecule has 1 aliphatic heterocycles. The van der Waals surface area contributed by atoms with E-state index in [0.717, 1.165) is 26.1 Å². The number of hydrogen-bond acceptors (Lipinski definition) is 5. The van der Waals surface area contributed by atoms with Crippen molar-refractivity contribution in [2.24, 2.45) is 0 Å². The van der Waals surface area contributed by atoms with Gasteiger partial charge in [-0.3, -0.25) is 0 Å². The topological polar surface area (TPSA) is 64.7 Å². The van der Waals surface area contributed by atoms with E-state index in [1.165, 1.54) is 6.26 Å². The van der Waals surface area contributed by atoms with E-state index in [1.807, 2.05) is 0 Å². The summed E-state index contributed by atoms with van der Waals surface area (Å²) in [7, 11) is 0. The summed E-state index contributed by atoms with van der Waals surface area (Å²) in [6.45, 7) is 1.32. The molecule has 0 amide bonds. The first kappa shape index (κ1) is 9.48. The van der Waals surface area contributed by atoms with E-state index in [0.29, 0.717) is 5.69 Å². The van der Waals surface area contributed by atoms with Gasteiger partial charge in [0.2, 0.25) is 0 Å². The zero-order valence-electron chi connectivity index (χ0n) is 7.81. The molecule has 0 atom stereocenters. The van der Waals surface area contributed by atoms with E-state index in [4.69, 9.17) is 19.0 Å². The van der Waals surface area contributed by atoms with Crippen molar-refractivity contribution in [2.45, 2.75) is 25.6 Å². The highest BCUT2D eigenvalue weighted by molar-refractivity contribution is 4.98. The number of ether oxygens (including phenoxy) is 2. The van der Waals surface area contributed by atoms with Gasteiger partial charge in [0.15, 0.2) is 0 Å². The highest BCUT2D eigenvalue weighted by atomic mass is 16.6. The van der Waals surface area contributed by atoms with Gasteiger partial charge in [-0.05, 0) is 0 Å². The molecule has 5 heteroatoms. The first-order chi connectivity index (χ1) is 6.88. The lowest BCUT2D eigenvalue weighted by Gasteiger charge is -2.20. The van der Waals surface area contributed by atoms with Gasteiger partial charge in [0.05, 0.1) is 19.8 Å². The molecule has 0 aromatic carbocycles. The van der Waals surface area contributed by atoms with Crippen molar-refractivity contribution in [3.8, 4) is 6.08 Å². The molecule has 0 spiro atoms. The molecule has 0 saturated carbocycles. The minimum Gasteiger partial charge on any atom is -0.447 e. The number of nitrogens with zero attached hydrogens (tertiary/aromatic N) is 1. The van der Waals surface area contributed by atoms with Crippen molar-refractivity contribution in [3.05, 3.63) is 12.0 Å². The third kappa shape index (κ3) is 2.24. The lowest BCUT2D eigenvalue weighted by atomic mass is 10.2. The number of aliphatic hydroxyl groups is 1. The Hall–Kier alpha value is -1.07. The fraction of sp³-hybridized carbons (Fsp3) is 0.667. The highest BCUT2D eigenvalue weighted by Crippen LogP contribution is 2.17. The molecule has 2 heterocycles. The summed E-state index contributed by atoms with van der Waals surface area (Å²) in [5.74, 6) is 0. The van der Waals surface area contributed by atoms with Gasteiger partial charge in [-0.15, -0.1) is 0 Å². The molecular formula is C9H13NO4. The Morgan fingerprint density at radius 3 is 2.93 bits per heavy atom. The first-order valence-corrected chi connectivity index (χ1v) is 4.68. The van der Waals surface area contributed by atoms with Crippen LogP contribution in [0.15, 0.2) is 10.7 Å². The van der Waals surface area contributed by atoms with Crippen molar-refractivity contribution in [3.63, 3.8) is 0 Å². The smallest absolute Gasteiger partial charge is 0.394 e. The van der Waals surface area contributed by atoms with E-state index < -0.39 is 0 Å². The molecule has 1 N–H and O–H groups in total. The lowest BCUT2D eigenvalue weighted by Crippen LogP contribution is -2.25. The zero-order chi connectivity index (χ0) is 9.80. The normalized spacial score (nSPS) is 18.4. The van der Waals surface area contributed by atoms with E-state index in [-0.39, 0.29) is 18.8 Å². The molecule has 0 unspecified atom stereocenters. The summed E-state index contributed by atoms with van der Waals surface area (Å²) < 4.78 is 15.7. The highest BCUT2D eigenvalue weighted by Gasteiger charge is 2.17. The summed E-state index contributed by atoms with van der Waals surface area (Å²) in [5, 5.41) is 8.76. The van der Waals surface area contributed by atoms with Gasteiger partial charge < -0.3 is 19.0 Å². The van der Waals surface area contributed by atoms with Crippen molar-refractivity contribution < 1.29 is 19.0 Å². The van der Waals surface area contributed by atoms with Crippen LogP contribution in [0.1, 0.15) is 18.5 Å². The van der Waals surface area contributed by atoms with Crippen LogP contribution in [-0.2, 0) is 11.3 Å². The van der Waals surface area contributed by atoms with Gasteiger partial charge in [0.25, 0.3) is 0 Å². The van der Waals surface area contributed by atoms with E-state index in [1.54, 1.807) is 0 Å². The van der Waals surface area contributed by atoms with Gasteiger partial charge >= 0.3 is 6.08 Å². The maximum absolute atomic E-state index is 8.76. The Morgan fingerprint density at radius 1 is 1.50 bits per heavy atom. The van der Waals surface area contributed by atoms with Crippen LogP contribution in [0.2, 0.25) is 0 Å². The Kier molecular flexibility index (Phi) is 3.00. The quantitative estimate of drug-likeness (QED) is 0.777. The van der Waals surface area contributed by atoms with Crippen molar-refractivity contribution in [1.82, 2.24) is 4.98 Å². The minimum atomic E-state index is -0.124. The van der Waals surface area contributed by atoms with Gasteiger partial charge in [-0.25, -0.2) is 0 Å². The van der Waals surface area contributed by atoms with Gasteiger partial charge in [0.1, 0.15) is 18.1 Å². The van der Waals surface area contributed by atoms with Crippen LogP contribution in [0.4, 0.5) is 0 Å². The van der Waals surface area contributed by atoms with Crippen LogP contribution >= 0.6 is 0 Å². The summed E-state index contributed by atoms with van der Waals surface area (Å²) in [5.41, 5.74) is 0.493. The Balaban J connectivity index is 1.89. The number of aromatic nitrogens is 1. The predicted molar refractivity (Wildman–Crippen MR) is 46.9 cm³/mol.